The number of unbranched alkanes of at least 4 members (excludes halogenated alkanes) is 2. The fourth-order valence-corrected chi connectivity index (χ4v) is 10.6. The van der Waals surface area contributed by atoms with Crippen molar-refractivity contribution in [3.05, 3.63) is 35.9 Å². The fraction of sp³-hybridized carbons (Fsp3) is 0.735. The maximum Gasteiger partial charge on any atom is 0.326 e. The Morgan fingerprint density at radius 3 is 2.24 bits per heavy atom. The van der Waals surface area contributed by atoms with Crippen LogP contribution < -0.4 is 21.3 Å². The molecule has 0 radical (unpaired) electrons. The molecule has 5 rings (SSSR count). The molecule has 1 aromatic carbocycles. The van der Waals surface area contributed by atoms with Crippen molar-refractivity contribution in [1.29, 1.82) is 0 Å². The highest BCUT2D eigenvalue weighted by molar-refractivity contribution is 5.93. The van der Waals surface area contributed by atoms with Gasteiger partial charge in [0.25, 0.3) is 0 Å². The molecule has 0 spiro atoms. The fourth-order valence-electron chi connectivity index (χ4n) is 10.6. The Morgan fingerprint density at radius 1 is 0.909 bits per heavy atom. The molecule has 2 bridgehead atoms. The molecule has 4 aliphatic rings. The molecule has 12 atom stereocenters. The lowest BCUT2D eigenvalue weighted by molar-refractivity contribution is -0.149. The van der Waals surface area contributed by atoms with Crippen LogP contribution in [0.5, 0.6) is 0 Å². The molecule has 0 aromatic heterocycles. The Morgan fingerprint density at radius 2 is 1.62 bits per heavy atom. The van der Waals surface area contributed by atoms with Crippen LogP contribution in [0.2, 0.25) is 0 Å². The summed E-state index contributed by atoms with van der Waals surface area (Å²) in [6.45, 7) is 11.2. The van der Waals surface area contributed by atoms with Gasteiger partial charge >= 0.3 is 5.97 Å². The van der Waals surface area contributed by atoms with E-state index in [9.17, 15) is 38.7 Å². The molecule has 1 saturated carbocycles. The first-order chi connectivity index (χ1) is 31.5. The monoisotopic (exact) mass is 924 g/mol. The largest absolute Gasteiger partial charge is 0.480 e. The van der Waals surface area contributed by atoms with Gasteiger partial charge in [-0.25, -0.2) is 4.79 Å². The van der Waals surface area contributed by atoms with Crippen LogP contribution in [0, 0.1) is 23.7 Å². The number of amides is 6. The summed E-state index contributed by atoms with van der Waals surface area (Å²) in [5.41, 5.74) is 0.773. The zero-order valence-electron chi connectivity index (χ0n) is 40.5. The Kier molecular flexibility index (Phi) is 19.4. The molecule has 4 unspecified atom stereocenters. The number of methoxy groups -OCH3 is 2. The third kappa shape index (κ3) is 13.1. The molecule has 1 aromatic rings. The summed E-state index contributed by atoms with van der Waals surface area (Å²) < 4.78 is 12.0. The number of carbonyl (C=O) groups is 7. The van der Waals surface area contributed by atoms with Crippen LogP contribution in [0.15, 0.2) is 30.3 Å². The summed E-state index contributed by atoms with van der Waals surface area (Å²) in [4.78, 5) is 99.8. The molecule has 17 nitrogen and oxygen atoms in total. The standard InChI is InChI=1S/C49H77N7O10/c1-9-30(4)42(38(65-7)27-40(58)55-24-16-19-37(55)44(66-8)31(5)45(59)52-35(49(63)64)25-32-17-12-10-13-18-32)54(6)48(62)41(29(2)3)53-47(61)43-33-21-22-34(26-33)56(43)39(57)20-14-11-15-23-50-46(60)36-28-51-36/h10,12-13,17-18,29-31,33-38,41-44,51H,9,11,14-16,19-28H2,1-8H3,(H,50,60)(H,52,59)(H,53,61)(H,63,64)/t30-,31+,33-,34+,35?,36?,37?,38+,41?,42-,43-,44+/m0/s1. The number of nitrogens with one attached hydrogen (secondary N) is 4. The van der Waals surface area contributed by atoms with Crippen molar-refractivity contribution in [1.82, 2.24) is 36.0 Å². The van der Waals surface area contributed by atoms with Gasteiger partial charge in [0.2, 0.25) is 35.4 Å². The van der Waals surface area contributed by atoms with Crippen molar-refractivity contribution in [3.63, 3.8) is 0 Å². The van der Waals surface area contributed by atoms with Gasteiger partial charge in [-0.1, -0.05) is 77.8 Å². The van der Waals surface area contributed by atoms with Crippen molar-refractivity contribution < 1.29 is 48.1 Å². The molecule has 3 heterocycles. The van der Waals surface area contributed by atoms with Gasteiger partial charge in [-0.2, -0.15) is 0 Å². The van der Waals surface area contributed by atoms with Gasteiger partial charge in [-0.3, -0.25) is 28.8 Å². The number of benzene rings is 1. The summed E-state index contributed by atoms with van der Waals surface area (Å²) in [6, 6.07) is 5.29. The minimum Gasteiger partial charge on any atom is -0.480 e. The van der Waals surface area contributed by atoms with Gasteiger partial charge < -0.3 is 50.5 Å². The number of likely N-dealkylation sites (tertiary alicyclic amines) is 2. The number of carboxylic acids is 1. The molecule has 3 aliphatic heterocycles. The van der Waals surface area contributed by atoms with E-state index in [1.54, 1.807) is 28.7 Å². The van der Waals surface area contributed by atoms with E-state index in [1.807, 2.05) is 58.0 Å². The predicted molar refractivity (Wildman–Crippen MR) is 248 cm³/mol. The molecule has 66 heavy (non-hydrogen) atoms. The maximum atomic E-state index is 14.6. The average Bonchev–Trinajstić information content (AvgIpc) is 3.67. The first kappa shape index (κ1) is 52.4. The number of hydrogen-bond acceptors (Lipinski definition) is 10. The Bertz CT molecular complexity index is 1830. The molecule has 368 valence electrons. The number of likely N-dealkylation sites (N-methyl/N-ethyl adjacent to an activating group) is 1. The van der Waals surface area contributed by atoms with E-state index >= 15 is 0 Å². The number of aliphatic carboxylic acids is 1. The second-order valence-corrected chi connectivity index (χ2v) is 19.4. The molecule has 17 heteroatoms. The topological polar surface area (TPSA) is 226 Å². The van der Waals surface area contributed by atoms with Crippen molar-refractivity contribution in [2.24, 2.45) is 23.7 Å². The predicted octanol–water partition coefficient (Wildman–Crippen LogP) is 2.89. The lowest BCUT2D eigenvalue weighted by Gasteiger charge is -2.41. The average molecular weight is 924 g/mol. The first-order valence-electron chi connectivity index (χ1n) is 24.3. The number of piperidine rings is 1. The minimum atomic E-state index is -1.15. The third-order valence-electron chi connectivity index (χ3n) is 14.6. The molecular weight excluding hydrogens is 847 g/mol. The van der Waals surface area contributed by atoms with Crippen LogP contribution in [0.3, 0.4) is 0 Å². The van der Waals surface area contributed by atoms with E-state index in [4.69, 9.17) is 9.47 Å². The van der Waals surface area contributed by atoms with Crippen molar-refractivity contribution in [2.75, 3.05) is 40.9 Å². The van der Waals surface area contributed by atoms with Gasteiger partial charge in [0.05, 0.1) is 42.7 Å². The number of carboxylic acid groups (broad SMARTS) is 1. The number of nitrogens with zero attached hydrogens (tertiary/aromatic N) is 3. The van der Waals surface area contributed by atoms with Gasteiger partial charge in [0, 0.05) is 59.8 Å². The molecular formula is C49H77N7O10. The van der Waals surface area contributed by atoms with Crippen LogP contribution in [-0.2, 0) is 49.5 Å². The number of carbonyl (C=O) groups excluding carboxylic acids is 6. The lowest BCUT2D eigenvalue weighted by Crippen LogP contribution is -2.60. The summed E-state index contributed by atoms with van der Waals surface area (Å²) in [5, 5.41) is 21.6. The Hall–Kier alpha value is -4.61. The highest BCUT2D eigenvalue weighted by Crippen LogP contribution is 2.43. The van der Waals surface area contributed by atoms with Crippen LogP contribution in [-0.4, -0.2) is 157 Å². The van der Waals surface area contributed by atoms with Gasteiger partial charge in [-0.05, 0) is 68.3 Å². The molecule has 3 saturated heterocycles. The third-order valence-corrected chi connectivity index (χ3v) is 14.6. The summed E-state index contributed by atoms with van der Waals surface area (Å²) in [7, 11) is 4.71. The molecule has 6 amide bonds. The Balaban J connectivity index is 1.22. The normalized spacial score (nSPS) is 24.2. The number of ether oxygens (including phenoxy) is 2. The van der Waals surface area contributed by atoms with Crippen molar-refractivity contribution in [3.8, 4) is 0 Å². The van der Waals surface area contributed by atoms with Gasteiger partial charge in [-0.15, -0.1) is 0 Å². The molecule has 4 fully saturated rings. The number of hydrogen-bond donors (Lipinski definition) is 5. The summed E-state index contributed by atoms with van der Waals surface area (Å²) in [5.74, 6) is -3.68. The number of rotatable bonds is 26. The quantitative estimate of drug-likeness (QED) is 0.0671. The van der Waals surface area contributed by atoms with Gasteiger partial charge in [0.1, 0.15) is 18.1 Å². The van der Waals surface area contributed by atoms with Crippen molar-refractivity contribution in [2.45, 2.75) is 166 Å². The van der Waals surface area contributed by atoms with Gasteiger partial charge in [0.15, 0.2) is 0 Å². The molecule has 5 N–H and O–H groups in total. The van der Waals surface area contributed by atoms with Crippen LogP contribution >= 0.6 is 0 Å². The van der Waals surface area contributed by atoms with E-state index in [1.165, 1.54) is 14.2 Å². The van der Waals surface area contributed by atoms with Crippen LogP contribution in [0.4, 0.5) is 0 Å². The highest BCUT2D eigenvalue weighted by atomic mass is 16.5. The van der Waals surface area contributed by atoms with E-state index in [-0.39, 0.29) is 72.2 Å². The first-order valence-corrected chi connectivity index (χ1v) is 24.3. The Labute approximate surface area is 391 Å². The van der Waals surface area contributed by atoms with Crippen LogP contribution in [0.1, 0.15) is 111 Å². The zero-order chi connectivity index (χ0) is 48.2. The lowest BCUT2D eigenvalue weighted by atomic mass is 9.89. The van der Waals surface area contributed by atoms with E-state index in [0.717, 1.165) is 37.7 Å². The molecule has 1 aliphatic carbocycles. The summed E-state index contributed by atoms with van der Waals surface area (Å²) >= 11 is 0. The minimum absolute atomic E-state index is 0.00167. The second-order valence-electron chi connectivity index (χ2n) is 19.4. The maximum absolute atomic E-state index is 14.6. The SMILES string of the molecule is CC[C@H](C)[C@@H]([C@@H](CC(=O)N1CCCC1[C@H](OC)[C@@H](C)C(=O)NC(Cc1ccccc1)C(=O)O)OC)N(C)C(=O)C(NC(=O)[C@@H]1[C@H]2CC[C@H](C2)N1C(=O)CCCCCNC(=O)C1CN1)C(C)C. The number of fused-ring (bicyclic) bond motifs is 2. The highest BCUT2D eigenvalue weighted by Gasteiger charge is 2.52. The smallest absolute Gasteiger partial charge is 0.326 e. The summed E-state index contributed by atoms with van der Waals surface area (Å²) in [6.07, 6.45) is 5.55. The van der Waals surface area contributed by atoms with E-state index in [0.29, 0.717) is 51.7 Å². The van der Waals surface area contributed by atoms with E-state index in [2.05, 4.69) is 21.3 Å². The van der Waals surface area contributed by atoms with Crippen LogP contribution in [0.25, 0.3) is 0 Å². The second kappa shape index (κ2) is 24.4. The zero-order valence-corrected chi connectivity index (χ0v) is 40.5. The van der Waals surface area contributed by atoms with Crippen molar-refractivity contribution >= 4 is 41.4 Å². The van der Waals surface area contributed by atoms with E-state index < -0.39 is 60.2 Å².